The fourth-order valence-electron chi connectivity index (χ4n) is 2.77. The molecule has 1 fully saturated rings. The topological polar surface area (TPSA) is 53.9 Å². The van der Waals surface area contributed by atoms with Crippen molar-refractivity contribution in [1.29, 1.82) is 0 Å². The lowest BCUT2D eigenvalue weighted by Crippen LogP contribution is -2.32. The monoisotopic (exact) mass is 260 g/mol. The first-order chi connectivity index (χ1) is 9.33. The summed E-state index contributed by atoms with van der Waals surface area (Å²) in [6.07, 6.45) is 3.03. The number of hydrogen-bond donors (Lipinski definition) is 2. The summed E-state index contributed by atoms with van der Waals surface area (Å²) in [7, 11) is 0. The Labute approximate surface area is 113 Å². The first-order valence-electron chi connectivity index (χ1n) is 7.01. The Bertz CT molecular complexity index is 467. The quantitative estimate of drug-likeness (QED) is 0.870. The van der Waals surface area contributed by atoms with E-state index in [1.54, 1.807) is 6.07 Å². The van der Waals surface area contributed by atoms with Gasteiger partial charge in [-0.1, -0.05) is 18.2 Å². The van der Waals surface area contributed by atoms with Gasteiger partial charge in [-0.05, 0) is 37.6 Å². The lowest BCUT2D eigenvalue weighted by atomic mass is 9.98. The fraction of sp³-hybridized carbons (Fsp3) is 0.533. The summed E-state index contributed by atoms with van der Waals surface area (Å²) in [5, 5.41) is 13.1. The molecule has 0 amide bonds. The number of nitrogens with one attached hydrogen (secondary N) is 1. The summed E-state index contributed by atoms with van der Waals surface area (Å²) in [6.45, 7) is 2.82. The van der Waals surface area contributed by atoms with Crippen molar-refractivity contribution >= 4 is 5.90 Å². The molecule has 0 saturated carbocycles. The van der Waals surface area contributed by atoms with E-state index in [2.05, 4.69) is 10.3 Å². The molecule has 3 rings (SSSR count). The molecule has 1 unspecified atom stereocenters. The summed E-state index contributed by atoms with van der Waals surface area (Å²) < 4.78 is 5.97. The number of aromatic hydroxyl groups is 1. The third-order valence-corrected chi connectivity index (χ3v) is 3.87. The molecule has 2 heterocycles. The maximum atomic E-state index is 9.78. The summed E-state index contributed by atoms with van der Waals surface area (Å²) in [5.74, 6) is 1.76. The SMILES string of the molecule is Oc1ccccc1CC1CN=C(C2CCNCC2)O1. The number of phenols is 1. The van der Waals surface area contributed by atoms with Gasteiger partial charge in [0.1, 0.15) is 11.9 Å². The molecule has 0 radical (unpaired) electrons. The summed E-state index contributed by atoms with van der Waals surface area (Å²) >= 11 is 0. The van der Waals surface area contributed by atoms with Crippen LogP contribution in [0.15, 0.2) is 29.3 Å². The molecule has 1 atom stereocenters. The van der Waals surface area contributed by atoms with Crippen molar-refractivity contribution in [3.63, 3.8) is 0 Å². The number of ether oxygens (including phenoxy) is 1. The van der Waals surface area contributed by atoms with Gasteiger partial charge in [0.05, 0.1) is 6.54 Å². The molecule has 1 saturated heterocycles. The molecule has 102 valence electrons. The standard InChI is InChI=1S/C15H20N2O2/c18-14-4-2-1-3-12(14)9-13-10-17-15(19-13)11-5-7-16-8-6-11/h1-4,11,13,16,18H,5-10H2. The molecule has 2 aliphatic rings. The summed E-state index contributed by atoms with van der Waals surface area (Å²) in [4.78, 5) is 4.55. The van der Waals surface area contributed by atoms with E-state index in [4.69, 9.17) is 4.74 Å². The molecule has 2 aliphatic heterocycles. The summed E-state index contributed by atoms with van der Waals surface area (Å²) in [6, 6.07) is 7.45. The van der Waals surface area contributed by atoms with Gasteiger partial charge in [0, 0.05) is 12.3 Å². The maximum absolute atomic E-state index is 9.78. The van der Waals surface area contributed by atoms with E-state index in [9.17, 15) is 5.11 Å². The first-order valence-corrected chi connectivity index (χ1v) is 7.01. The van der Waals surface area contributed by atoms with Crippen LogP contribution in [0.2, 0.25) is 0 Å². The Morgan fingerprint density at radius 2 is 2.05 bits per heavy atom. The molecule has 0 aromatic heterocycles. The number of para-hydroxylation sites is 1. The maximum Gasteiger partial charge on any atom is 0.187 e. The molecule has 1 aromatic carbocycles. The van der Waals surface area contributed by atoms with E-state index in [1.165, 1.54) is 0 Å². The van der Waals surface area contributed by atoms with Gasteiger partial charge in [0.2, 0.25) is 0 Å². The van der Waals surface area contributed by atoms with Gasteiger partial charge < -0.3 is 15.2 Å². The molecule has 0 bridgehead atoms. The fourth-order valence-corrected chi connectivity index (χ4v) is 2.77. The molecule has 0 aliphatic carbocycles. The van der Waals surface area contributed by atoms with Crippen molar-refractivity contribution < 1.29 is 9.84 Å². The zero-order chi connectivity index (χ0) is 13.1. The minimum atomic E-state index is 0.0817. The van der Waals surface area contributed by atoms with Gasteiger partial charge >= 0.3 is 0 Å². The van der Waals surface area contributed by atoms with Crippen LogP contribution < -0.4 is 5.32 Å². The van der Waals surface area contributed by atoms with Crippen LogP contribution in [0.4, 0.5) is 0 Å². The number of hydrogen-bond acceptors (Lipinski definition) is 4. The highest BCUT2D eigenvalue weighted by atomic mass is 16.5. The van der Waals surface area contributed by atoms with E-state index in [0.29, 0.717) is 18.2 Å². The minimum Gasteiger partial charge on any atom is -0.508 e. The van der Waals surface area contributed by atoms with Crippen LogP contribution in [0.3, 0.4) is 0 Å². The number of phenolic OH excluding ortho intramolecular Hbond substituents is 1. The van der Waals surface area contributed by atoms with E-state index >= 15 is 0 Å². The van der Waals surface area contributed by atoms with Crippen molar-refractivity contribution in [2.75, 3.05) is 19.6 Å². The van der Waals surface area contributed by atoms with E-state index in [0.717, 1.165) is 43.8 Å². The van der Waals surface area contributed by atoms with Crippen LogP contribution in [-0.4, -0.2) is 36.7 Å². The second-order valence-corrected chi connectivity index (χ2v) is 5.28. The number of nitrogens with zero attached hydrogens (tertiary/aromatic N) is 1. The molecule has 4 heteroatoms. The summed E-state index contributed by atoms with van der Waals surface area (Å²) in [5.41, 5.74) is 0.939. The van der Waals surface area contributed by atoms with Crippen LogP contribution >= 0.6 is 0 Å². The van der Waals surface area contributed by atoms with Crippen molar-refractivity contribution in [1.82, 2.24) is 5.32 Å². The van der Waals surface area contributed by atoms with Gasteiger partial charge in [-0.15, -0.1) is 0 Å². The van der Waals surface area contributed by atoms with Gasteiger partial charge in [0.25, 0.3) is 0 Å². The largest absolute Gasteiger partial charge is 0.508 e. The van der Waals surface area contributed by atoms with Gasteiger partial charge in [-0.25, -0.2) is 0 Å². The molecule has 4 nitrogen and oxygen atoms in total. The van der Waals surface area contributed by atoms with Crippen molar-refractivity contribution in [2.24, 2.45) is 10.9 Å². The molecule has 2 N–H and O–H groups in total. The highest BCUT2D eigenvalue weighted by Crippen LogP contribution is 2.24. The van der Waals surface area contributed by atoms with E-state index < -0.39 is 0 Å². The van der Waals surface area contributed by atoms with Crippen LogP contribution in [0, 0.1) is 5.92 Å². The Kier molecular flexibility index (Phi) is 3.69. The predicted molar refractivity (Wildman–Crippen MR) is 74.6 cm³/mol. The average Bonchev–Trinajstić information content (AvgIpc) is 2.91. The number of aliphatic imine (C=N–C) groups is 1. The molecule has 1 aromatic rings. The molecule has 19 heavy (non-hydrogen) atoms. The number of benzene rings is 1. The van der Waals surface area contributed by atoms with Crippen LogP contribution in [0.1, 0.15) is 18.4 Å². The minimum absolute atomic E-state index is 0.0817. The van der Waals surface area contributed by atoms with Crippen molar-refractivity contribution in [2.45, 2.75) is 25.4 Å². The van der Waals surface area contributed by atoms with Crippen LogP contribution in [0.5, 0.6) is 5.75 Å². The van der Waals surface area contributed by atoms with Crippen LogP contribution in [0.25, 0.3) is 0 Å². The molecule has 0 spiro atoms. The Hall–Kier alpha value is -1.55. The van der Waals surface area contributed by atoms with Gasteiger partial charge in [-0.2, -0.15) is 0 Å². The predicted octanol–water partition coefficient (Wildman–Crippen LogP) is 1.73. The number of rotatable bonds is 3. The average molecular weight is 260 g/mol. The van der Waals surface area contributed by atoms with Gasteiger partial charge in [0.15, 0.2) is 5.90 Å². The van der Waals surface area contributed by atoms with Crippen molar-refractivity contribution in [3.05, 3.63) is 29.8 Å². The van der Waals surface area contributed by atoms with Crippen LogP contribution in [-0.2, 0) is 11.2 Å². The first kappa shape index (κ1) is 12.5. The lowest BCUT2D eigenvalue weighted by Gasteiger charge is -2.23. The Balaban J connectivity index is 1.57. The normalized spacial score (nSPS) is 24.0. The Morgan fingerprint density at radius 3 is 2.84 bits per heavy atom. The molecular formula is C15H20N2O2. The third-order valence-electron chi connectivity index (χ3n) is 3.87. The zero-order valence-corrected chi connectivity index (χ0v) is 11.0. The van der Waals surface area contributed by atoms with E-state index in [1.807, 2.05) is 18.2 Å². The van der Waals surface area contributed by atoms with E-state index in [-0.39, 0.29) is 6.10 Å². The molecular weight excluding hydrogens is 240 g/mol. The number of piperidine rings is 1. The smallest absolute Gasteiger partial charge is 0.187 e. The second-order valence-electron chi connectivity index (χ2n) is 5.28. The van der Waals surface area contributed by atoms with Gasteiger partial charge in [-0.3, -0.25) is 4.99 Å². The third kappa shape index (κ3) is 2.89. The lowest BCUT2D eigenvalue weighted by molar-refractivity contribution is 0.203. The second kappa shape index (κ2) is 5.61. The zero-order valence-electron chi connectivity index (χ0n) is 11.0. The highest BCUT2D eigenvalue weighted by Gasteiger charge is 2.28. The highest BCUT2D eigenvalue weighted by molar-refractivity contribution is 5.80. The Morgan fingerprint density at radius 1 is 1.26 bits per heavy atom. The van der Waals surface area contributed by atoms with Crippen molar-refractivity contribution in [3.8, 4) is 5.75 Å².